The predicted molar refractivity (Wildman–Crippen MR) is 113 cm³/mol. The van der Waals surface area contributed by atoms with Gasteiger partial charge in [0.2, 0.25) is 0 Å². The average molecular weight is 415 g/mol. The van der Waals surface area contributed by atoms with Crippen molar-refractivity contribution >= 4 is 38.9 Å². The van der Waals surface area contributed by atoms with Crippen LogP contribution in [0.2, 0.25) is 5.02 Å². The summed E-state index contributed by atoms with van der Waals surface area (Å²) in [6.45, 7) is 3.87. The first kappa shape index (κ1) is 19.9. The van der Waals surface area contributed by atoms with E-state index in [4.69, 9.17) is 11.6 Å². The fourth-order valence-electron chi connectivity index (χ4n) is 2.63. The zero-order valence-electron chi connectivity index (χ0n) is 15.4. The molecule has 1 amide bonds. The molecule has 0 fully saturated rings. The highest BCUT2D eigenvalue weighted by Crippen LogP contribution is 2.25. The molecule has 0 spiro atoms. The van der Waals surface area contributed by atoms with E-state index >= 15 is 0 Å². The number of carbonyl (C=O) groups is 1. The fraction of sp³-hybridized carbons (Fsp3) is 0.0952. The van der Waals surface area contributed by atoms with Gasteiger partial charge in [-0.3, -0.25) is 9.52 Å². The van der Waals surface area contributed by atoms with E-state index in [1.54, 1.807) is 36.4 Å². The number of anilines is 2. The Morgan fingerprint density at radius 2 is 1.57 bits per heavy atom. The quantitative estimate of drug-likeness (QED) is 0.616. The van der Waals surface area contributed by atoms with E-state index in [0.717, 1.165) is 11.1 Å². The molecule has 3 aromatic rings. The molecular weight excluding hydrogens is 396 g/mol. The van der Waals surface area contributed by atoms with Crippen LogP contribution in [0.5, 0.6) is 0 Å². The normalized spacial score (nSPS) is 11.1. The Balaban J connectivity index is 1.86. The molecule has 3 aromatic carbocycles. The Morgan fingerprint density at radius 3 is 2.32 bits per heavy atom. The van der Waals surface area contributed by atoms with E-state index in [0.29, 0.717) is 5.69 Å². The minimum atomic E-state index is -3.89. The van der Waals surface area contributed by atoms with Crippen LogP contribution in [0.1, 0.15) is 21.5 Å². The summed E-state index contributed by atoms with van der Waals surface area (Å²) >= 11 is 6.03. The number of sulfonamides is 1. The number of nitrogens with one attached hydrogen (secondary N) is 2. The molecule has 7 heteroatoms. The second kappa shape index (κ2) is 8.04. The van der Waals surface area contributed by atoms with Crippen LogP contribution in [0.3, 0.4) is 0 Å². The van der Waals surface area contributed by atoms with Gasteiger partial charge in [-0.25, -0.2) is 8.42 Å². The van der Waals surface area contributed by atoms with Gasteiger partial charge in [0.25, 0.3) is 15.9 Å². The van der Waals surface area contributed by atoms with Gasteiger partial charge in [0.05, 0.1) is 15.6 Å². The van der Waals surface area contributed by atoms with E-state index in [-0.39, 0.29) is 27.1 Å². The van der Waals surface area contributed by atoms with Crippen LogP contribution in [-0.2, 0) is 10.0 Å². The summed E-state index contributed by atoms with van der Waals surface area (Å²) in [6.07, 6.45) is 0. The van der Waals surface area contributed by atoms with Crippen LogP contribution in [0, 0.1) is 13.8 Å². The molecule has 0 saturated carbocycles. The molecule has 0 heterocycles. The van der Waals surface area contributed by atoms with E-state index < -0.39 is 10.0 Å². The molecule has 2 N–H and O–H groups in total. The smallest absolute Gasteiger partial charge is 0.261 e. The molecule has 0 saturated heterocycles. The van der Waals surface area contributed by atoms with E-state index in [1.807, 2.05) is 26.0 Å². The van der Waals surface area contributed by atoms with Crippen molar-refractivity contribution in [1.82, 2.24) is 0 Å². The Bertz CT molecular complexity index is 1140. The number of rotatable bonds is 5. The second-order valence-electron chi connectivity index (χ2n) is 6.31. The van der Waals surface area contributed by atoms with Crippen molar-refractivity contribution in [3.8, 4) is 0 Å². The summed E-state index contributed by atoms with van der Waals surface area (Å²) in [6, 6.07) is 18.0. The lowest BCUT2D eigenvalue weighted by molar-refractivity contribution is 0.102. The predicted octanol–water partition coefficient (Wildman–Crippen LogP) is 5.01. The van der Waals surface area contributed by atoms with Gasteiger partial charge in [0.15, 0.2) is 0 Å². The van der Waals surface area contributed by atoms with Crippen LogP contribution in [0.25, 0.3) is 0 Å². The largest absolute Gasteiger partial charge is 0.322 e. The number of para-hydroxylation sites is 1. The molecular formula is C21H19ClN2O3S. The number of amides is 1. The molecule has 0 atom stereocenters. The molecule has 0 aliphatic carbocycles. The summed E-state index contributed by atoms with van der Waals surface area (Å²) in [5.41, 5.74) is 3.21. The maximum absolute atomic E-state index is 12.7. The number of aryl methyl sites for hydroxylation is 1. The van der Waals surface area contributed by atoms with Crippen LogP contribution >= 0.6 is 11.6 Å². The number of benzene rings is 3. The van der Waals surface area contributed by atoms with Crippen molar-refractivity contribution in [2.75, 3.05) is 10.0 Å². The van der Waals surface area contributed by atoms with Crippen molar-refractivity contribution in [3.63, 3.8) is 0 Å². The third kappa shape index (κ3) is 4.35. The summed E-state index contributed by atoms with van der Waals surface area (Å²) in [7, 11) is -3.89. The highest BCUT2D eigenvalue weighted by atomic mass is 35.5. The van der Waals surface area contributed by atoms with E-state index in [1.165, 1.54) is 18.2 Å². The zero-order valence-corrected chi connectivity index (χ0v) is 16.9. The van der Waals surface area contributed by atoms with Gasteiger partial charge in [-0.05, 0) is 61.4 Å². The Labute approximate surface area is 169 Å². The third-order valence-corrected chi connectivity index (χ3v) is 6.07. The maximum atomic E-state index is 12.7. The van der Waals surface area contributed by atoms with Crippen LogP contribution in [-0.4, -0.2) is 14.3 Å². The first-order valence-electron chi connectivity index (χ1n) is 8.53. The first-order valence-corrected chi connectivity index (χ1v) is 10.4. The lowest BCUT2D eigenvalue weighted by Crippen LogP contribution is -2.16. The minimum Gasteiger partial charge on any atom is -0.322 e. The van der Waals surface area contributed by atoms with Gasteiger partial charge >= 0.3 is 0 Å². The van der Waals surface area contributed by atoms with Crippen LogP contribution in [0.15, 0.2) is 71.6 Å². The van der Waals surface area contributed by atoms with E-state index in [2.05, 4.69) is 10.0 Å². The zero-order chi connectivity index (χ0) is 20.3. The van der Waals surface area contributed by atoms with Gasteiger partial charge < -0.3 is 5.32 Å². The van der Waals surface area contributed by atoms with Crippen molar-refractivity contribution in [2.24, 2.45) is 0 Å². The van der Waals surface area contributed by atoms with E-state index in [9.17, 15) is 13.2 Å². The Kier molecular flexibility index (Phi) is 5.72. The number of halogens is 1. The maximum Gasteiger partial charge on any atom is 0.261 e. The average Bonchev–Trinajstić information content (AvgIpc) is 2.67. The van der Waals surface area contributed by atoms with Gasteiger partial charge in [-0.15, -0.1) is 0 Å². The molecule has 0 bridgehead atoms. The third-order valence-electron chi connectivity index (χ3n) is 4.38. The van der Waals surface area contributed by atoms with Crippen LogP contribution in [0.4, 0.5) is 11.4 Å². The summed E-state index contributed by atoms with van der Waals surface area (Å²) in [5.74, 6) is -0.386. The van der Waals surface area contributed by atoms with Crippen molar-refractivity contribution in [3.05, 3.63) is 88.4 Å². The highest BCUT2D eigenvalue weighted by Gasteiger charge is 2.18. The first-order chi connectivity index (χ1) is 13.3. The standard InChI is InChI=1S/C21H19ClN2O3S/c1-14-7-5-12-19(15(14)2)23-21(25)16-8-6-9-17(13-16)28(26,27)24-20-11-4-3-10-18(20)22/h3-13,24H,1-2H3,(H,23,25). The number of hydrogen-bond acceptors (Lipinski definition) is 3. The SMILES string of the molecule is Cc1cccc(NC(=O)c2cccc(S(=O)(=O)Nc3ccccc3Cl)c2)c1C. The Morgan fingerprint density at radius 1 is 0.893 bits per heavy atom. The molecule has 28 heavy (non-hydrogen) atoms. The Hall–Kier alpha value is -2.83. The molecule has 0 radical (unpaired) electrons. The lowest BCUT2D eigenvalue weighted by atomic mass is 10.1. The molecule has 144 valence electrons. The minimum absolute atomic E-state index is 0.0268. The second-order valence-corrected chi connectivity index (χ2v) is 8.40. The number of carbonyl (C=O) groups excluding carboxylic acids is 1. The van der Waals surface area contributed by atoms with Crippen LogP contribution < -0.4 is 10.0 Å². The van der Waals surface area contributed by atoms with Crippen molar-refractivity contribution in [2.45, 2.75) is 18.7 Å². The van der Waals surface area contributed by atoms with Crippen molar-refractivity contribution in [1.29, 1.82) is 0 Å². The molecule has 5 nitrogen and oxygen atoms in total. The highest BCUT2D eigenvalue weighted by molar-refractivity contribution is 7.92. The lowest BCUT2D eigenvalue weighted by Gasteiger charge is -2.12. The molecule has 3 rings (SSSR count). The van der Waals surface area contributed by atoms with Gasteiger partial charge in [-0.2, -0.15) is 0 Å². The topological polar surface area (TPSA) is 75.3 Å². The summed E-state index contributed by atoms with van der Waals surface area (Å²) < 4.78 is 27.8. The molecule has 0 aromatic heterocycles. The van der Waals surface area contributed by atoms with Gasteiger partial charge in [0, 0.05) is 11.3 Å². The summed E-state index contributed by atoms with van der Waals surface area (Å²) in [5, 5.41) is 3.12. The molecule has 0 aliphatic heterocycles. The monoisotopic (exact) mass is 414 g/mol. The number of hydrogen-bond donors (Lipinski definition) is 2. The van der Waals surface area contributed by atoms with Crippen molar-refractivity contribution < 1.29 is 13.2 Å². The van der Waals surface area contributed by atoms with Gasteiger partial charge in [-0.1, -0.05) is 41.9 Å². The molecule has 0 unspecified atom stereocenters. The summed E-state index contributed by atoms with van der Waals surface area (Å²) in [4.78, 5) is 12.6. The molecule has 0 aliphatic rings. The van der Waals surface area contributed by atoms with Gasteiger partial charge in [0.1, 0.15) is 0 Å². The fourth-order valence-corrected chi connectivity index (χ4v) is 4.00.